The Hall–Kier alpha value is -1.44. The summed E-state index contributed by atoms with van der Waals surface area (Å²) < 4.78 is 28.0. The molecular weight excluding hydrogens is 288 g/mol. The summed E-state index contributed by atoms with van der Waals surface area (Å²) in [5, 5.41) is 0. The Kier molecular flexibility index (Phi) is 3.97. The first kappa shape index (κ1) is 14.5. The Morgan fingerprint density at radius 1 is 1.24 bits per heavy atom. The summed E-state index contributed by atoms with van der Waals surface area (Å²) in [6.45, 7) is 1.49. The number of benzene rings is 1. The fourth-order valence-electron chi connectivity index (χ4n) is 2.67. The predicted octanol–water partition coefficient (Wildman–Crippen LogP) is 1.73. The van der Waals surface area contributed by atoms with Crippen molar-refractivity contribution in [3.63, 3.8) is 0 Å². The van der Waals surface area contributed by atoms with Crippen LogP contribution in [-0.4, -0.2) is 47.1 Å². The van der Waals surface area contributed by atoms with Crippen molar-refractivity contribution in [3.8, 4) is 0 Å². The first-order chi connectivity index (χ1) is 10.1. The smallest absolute Gasteiger partial charge is 0.282 e. The van der Waals surface area contributed by atoms with Gasteiger partial charge in [-0.2, -0.15) is 17.0 Å². The molecule has 21 heavy (non-hydrogen) atoms. The van der Waals surface area contributed by atoms with Crippen molar-refractivity contribution in [2.24, 2.45) is 0 Å². The molecule has 0 aliphatic carbocycles. The largest absolute Gasteiger partial charge is 0.341 e. The summed E-state index contributed by atoms with van der Waals surface area (Å²) >= 11 is 0. The number of aromatic amines is 1. The van der Waals surface area contributed by atoms with Crippen molar-refractivity contribution in [1.29, 1.82) is 0 Å². The van der Waals surface area contributed by atoms with Gasteiger partial charge in [-0.25, -0.2) is 4.98 Å². The first-order valence-electron chi connectivity index (χ1n) is 7.22. The molecule has 1 aliphatic rings. The number of piperidine rings is 1. The van der Waals surface area contributed by atoms with E-state index in [1.54, 1.807) is 11.4 Å². The Morgan fingerprint density at radius 2 is 1.95 bits per heavy atom. The van der Waals surface area contributed by atoms with Gasteiger partial charge in [0.05, 0.1) is 17.6 Å². The van der Waals surface area contributed by atoms with Crippen LogP contribution >= 0.6 is 0 Å². The summed E-state index contributed by atoms with van der Waals surface area (Å²) in [6, 6.07) is 7.69. The van der Waals surface area contributed by atoms with E-state index in [9.17, 15) is 8.42 Å². The molecular formula is C14H20N4O2S. The Bertz CT molecular complexity index is 686. The maximum atomic E-state index is 12.5. The second-order valence-electron chi connectivity index (χ2n) is 5.42. The SMILES string of the molecule is CN(Cc1nc2ccccc2[nH]1)S(=O)(=O)N1CCCCC1. The van der Waals surface area contributed by atoms with Crippen LogP contribution in [0.3, 0.4) is 0 Å². The molecule has 1 N–H and O–H groups in total. The molecule has 0 unspecified atom stereocenters. The molecule has 6 nitrogen and oxygen atoms in total. The molecule has 114 valence electrons. The molecule has 1 fully saturated rings. The molecule has 1 aromatic carbocycles. The van der Waals surface area contributed by atoms with Gasteiger partial charge in [-0.1, -0.05) is 18.6 Å². The highest BCUT2D eigenvalue weighted by atomic mass is 32.2. The van der Waals surface area contributed by atoms with Gasteiger partial charge in [-0.15, -0.1) is 0 Å². The van der Waals surface area contributed by atoms with E-state index < -0.39 is 10.2 Å². The fraction of sp³-hybridized carbons (Fsp3) is 0.500. The van der Waals surface area contributed by atoms with Gasteiger partial charge in [-0.3, -0.25) is 0 Å². The average molecular weight is 308 g/mol. The van der Waals surface area contributed by atoms with E-state index in [0.717, 1.165) is 30.3 Å². The van der Waals surface area contributed by atoms with Gasteiger partial charge in [0, 0.05) is 20.1 Å². The van der Waals surface area contributed by atoms with E-state index in [2.05, 4.69) is 9.97 Å². The summed E-state index contributed by atoms with van der Waals surface area (Å²) in [7, 11) is -1.78. The second-order valence-corrected chi connectivity index (χ2v) is 7.46. The predicted molar refractivity (Wildman–Crippen MR) is 81.9 cm³/mol. The minimum absolute atomic E-state index is 0.257. The van der Waals surface area contributed by atoms with Crippen molar-refractivity contribution in [2.75, 3.05) is 20.1 Å². The van der Waals surface area contributed by atoms with E-state index in [4.69, 9.17) is 0 Å². The molecule has 7 heteroatoms. The lowest BCUT2D eigenvalue weighted by molar-refractivity contribution is 0.313. The van der Waals surface area contributed by atoms with E-state index in [1.807, 2.05) is 24.3 Å². The van der Waals surface area contributed by atoms with Gasteiger partial charge in [0.1, 0.15) is 5.82 Å². The summed E-state index contributed by atoms with van der Waals surface area (Å²) in [5.41, 5.74) is 1.78. The molecule has 3 rings (SSSR count). The number of nitrogens with zero attached hydrogens (tertiary/aromatic N) is 3. The average Bonchev–Trinajstić information content (AvgIpc) is 2.90. The lowest BCUT2D eigenvalue weighted by atomic mass is 10.2. The molecule has 0 bridgehead atoms. The third-order valence-electron chi connectivity index (χ3n) is 3.85. The number of fused-ring (bicyclic) bond motifs is 1. The Morgan fingerprint density at radius 3 is 2.67 bits per heavy atom. The van der Waals surface area contributed by atoms with Crippen molar-refractivity contribution < 1.29 is 8.42 Å². The summed E-state index contributed by atoms with van der Waals surface area (Å²) in [4.78, 5) is 7.60. The molecule has 1 saturated heterocycles. The monoisotopic (exact) mass is 308 g/mol. The molecule has 0 radical (unpaired) electrons. The molecule has 0 spiro atoms. The van der Waals surface area contributed by atoms with Crippen molar-refractivity contribution >= 4 is 21.2 Å². The highest BCUT2D eigenvalue weighted by Gasteiger charge is 2.28. The molecule has 2 aromatic rings. The van der Waals surface area contributed by atoms with E-state index >= 15 is 0 Å². The number of nitrogens with one attached hydrogen (secondary N) is 1. The maximum absolute atomic E-state index is 12.5. The molecule has 1 aromatic heterocycles. The van der Waals surface area contributed by atoms with Gasteiger partial charge in [0.15, 0.2) is 0 Å². The van der Waals surface area contributed by atoms with Gasteiger partial charge < -0.3 is 4.98 Å². The lowest BCUT2D eigenvalue weighted by Crippen LogP contribution is -2.44. The van der Waals surface area contributed by atoms with Crippen LogP contribution in [0.1, 0.15) is 25.1 Å². The number of H-pyrrole nitrogens is 1. The highest BCUT2D eigenvalue weighted by molar-refractivity contribution is 7.86. The van der Waals surface area contributed by atoms with Crippen LogP contribution in [0, 0.1) is 0 Å². The van der Waals surface area contributed by atoms with Gasteiger partial charge >= 0.3 is 0 Å². The van der Waals surface area contributed by atoms with Crippen LogP contribution in [-0.2, 0) is 16.8 Å². The Labute approximate surface area is 125 Å². The minimum Gasteiger partial charge on any atom is -0.341 e. The number of hydrogen-bond acceptors (Lipinski definition) is 3. The zero-order valence-corrected chi connectivity index (χ0v) is 12.9. The first-order valence-corrected chi connectivity index (χ1v) is 8.62. The number of rotatable bonds is 4. The van der Waals surface area contributed by atoms with E-state index in [0.29, 0.717) is 18.9 Å². The van der Waals surface area contributed by atoms with Crippen LogP contribution in [0.4, 0.5) is 0 Å². The summed E-state index contributed by atoms with van der Waals surface area (Å²) in [6.07, 6.45) is 2.99. The van der Waals surface area contributed by atoms with Gasteiger partial charge in [0.2, 0.25) is 0 Å². The molecule has 2 heterocycles. The van der Waals surface area contributed by atoms with Crippen LogP contribution in [0.5, 0.6) is 0 Å². The lowest BCUT2D eigenvalue weighted by Gasteiger charge is -2.29. The number of imidazole rings is 1. The topological polar surface area (TPSA) is 69.3 Å². The molecule has 1 aliphatic heterocycles. The quantitative estimate of drug-likeness (QED) is 0.935. The van der Waals surface area contributed by atoms with E-state index in [1.165, 1.54) is 4.31 Å². The zero-order valence-electron chi connectivity index (χ0n) is 12.1. The third kappa shape index (κ3) is 2.95. The van der Waals surface area contributed by atoms with Gasteiger partial charge in [-0.05, 0) is 25.0 Å². The third-order valence-corrected chi connectivity index (χ3v) is 5.78. The van der Waals surface area contributed by atoms with Crippen LogP contribution in [0.15, 0.2) is 24.3 Å². The fourth-order valence-corrected chi connectivity index (χ4v) is 4.07. The van der Waals surface area contributed by atoms with Crippen molar-refractivity contribution in [2.45, 2.75) is 25.8 Å². The van der Waals surface area contributed by atoms with Gasteiger partial charge in [0.25, 0.3) is 10.2 Å². The zero-order chi connectivity index (χ0) is 14.9. The molecule has 0 amide bonds. The summed E-state index contributed by atoms with van der Waals surface area (Å²) in [5.74, 6) is 0.666. The number of aromatic nitrogens is 2. The van der Waals surface area contributed by atoms with Crippen LogP contribution < -0.4 is 0 Å². The normalized spacial score (nSPS) is 17.6. The maximum Gasteiger partial charge on any atom is 0.282 e. The van der Waals surface area contributed by atoms with Crippen molar-refractivity contribution in [1.82, 2.24) is 18.6 Å². The Balaban J connectivity index is 1.76. The highest BCUT2D eigenvalue weighted by Crippen LogP contribution is 2.17. The molecule has 0 atom stereocenters. The van der Waals surface area contributed by atoms with Crippen molar-refractivity contribution in [3.05, 3.63) is 30.1 Å². The molecule has 0 saturated carbocycles. The van der Waals surface area contributed by atoms with E-state index in [-0.39, 0.29) is 6.54 Å². The standard InChI is InChI=1S/C14H20N4O2S/c1-17(21(19,20)18-9-5-2-6-10-18)11-14-15-12-7-3-4-8-13(12)16-14/h3-4,7-8H,2,5-6,9-11H2,1H3,(H,15,16). The van der Waals surface area contributed by atoms with Crippen LogP contribution in [0.2, 0.25) is 0 Å². The van der Waals surface area contributed by atoms with Crippen LogP contribution in [0.25, 0.3) is 11.0 Å². The number of hydrogen-bond donors (Lipinski definition) is 1. The minimum atomic E-state index is -3.39. The second kappa shape index (κ2) is 5.75. The number of para-hydroxylation sites is 2.